The summed E-state index contributed by atoms with van der Waals surface area (Å²) in [5, 5.41) is 20.0. The third kappa shape index (κ3) is 2.90. The van der Waals surface area contributed by atoms with Crippen LogP contribution in [0.5, 0.6) is 11.5 Å². The van der Waals surface area contributed by atoms with E-state index in [2.05, 4.69) is 0 Å². The highest BCUT2D eigenvalue weighted by Crippen LogP contribution is 2.40. The van der Waals surface area contributed by atoms with E-state index in [9.17, 15) is 19.7 Å². The Hall–Kier alpha value is -2.66. The number of carboxylic acid groups (broad SMARTS) is 1. The summed E-state index contributed by atoms with van der Waals surface area (Å²) in [5.74, 6) is -1.24. The Morgan fingerprint density at radius 3 is 2.75 bits per heavy atom. The molecule has 0 aliphatic carbocycles. The zero-order chi connectivity index (χ0) is 17.4. The molecule has 24 heavy (non-hydrogen) atoms. The number of thioether (sulfide) groups is 1. The molecule has 1 amide bonds. The summed E-state index contributed by atoms with van der Waals surface area (Å²) >= 11 is 5.86. The van der Waals surface area contributed by atoms with E-state index < -0.39 is 23.3 Å². The van der Waals surface area contributed by atoms with Gasteiger partial charge in [0.15, 0.2) is 11.5 Å². The standard InChI is InChI=1S/C13H8N2O7S2/c16-11(17)4-14-12(18)10(24-13(14)23)2-6-1-8-9(22-5-21-8)3-7(6)15(19)20/h1-3H,4-5H2,(H,16,17)/b10-2-. The third-order valence-electron chi connectivity index (χ3n) is 3.17. The highest BCUT2D eigenvalue weighted by atomic mass is 32.2. The Morgan fingerprint density at radius 2 is 2.12 bits per heavy atom. The number of thiocarbonyl (C=S) groups is 1. The molecular formula is C13H8N2O7S2. The Kier molecular flexibility index (Phi) is 4.11. The molecule has 1 aromatic rings. The van der Waals surface area contributed by atoms with Crippen molar-refractivity contribution in [3.63, 3.8) is 0 Å². The molecule has 1 saturated heterocycles. The average molecular weight is 368 g/mol. The second-order valence-corrected chi connectivity index (χ2v) is 6.36. The van der Waals surface area contributed by atoms with Crippen LogP contribution in [0.2, 0.25) is 0 Å². The van der Waals surface area contributed by atoms with Crippen LogP contribution in [0.1, 0.15) is 5.56 Å². The molecule has 1 N–H and O–H groups in total. The number of aliphatic carboxylic acids is 1. The van der Waals surface area contributed by atoms with Gasteiger partial charge in [0.1, 0.15) is 10.9 Å². The number of amides is 1. The Balaban J connectivity index is 2.00. The zero-order valence-corrected chi connectivity index (χ0v) is 13.4. The van der Waals surface area contributed by atoms with Crippen LogP contribution >= 0.6 is 24.0 Å². The number of benzene rings is 1. The van der Waals surface area contributed by atoms with Crippen LogP contribution in [0, 0.1) is 10.1 Å². The lowest BCUT2D eigenvalue weighted by atomic mass is 10.1. The number of carboxylic acids is 1. The first kappa shape index (κ1) is 16.2. The predicted molar refractivity (Wildman–Crippen MR) is 86.7 cm³/mol. The van der Waals surface area contributed by atoms with E-state index in [4.69, 9.17) is 26.8 Å². The van der Waals surface area contributed by atoms with E-state index in [0.29, 0.717) is 5.75 Å². The molecule has 0 saturated carbocycles. The fraction of sp³-hybridized carbons (Fsp3) is 0.154. The summed E-state index contributed by atoms with van der Waals surface area (Å²) in [6.07, 6.45) is 1.29. The number of nitrogens with zero attached hydrogens (tertiary/aromatic N) is 2. The largest absolute Gasteiger partial charge is 0.480 e. The van der Waals surface area contributed by atoms with Crippen molar-refractivity contribution < 1.29 is 29.1 Å². The Morgan fingerprint density at radius 1 is 1.46 bits per heavy atom. The van der Waals surface area contributed by atoms with Gasteiger partial charge in [-0.3, -0.25) is 24.6 Å². The first-order chi connectivity index (χ1) is 11.4. The SMILES string of the molecule is O=C(O)CN1C(=O)/C(=C/c2cc3c(cc2[N+](=O)[O-])OCO3)SC1=S. The van der Waals surface area contributed by atoms with Gasteiger partial charge in [-0.1, -0.05) is 24.0 Å². The van der Waals surface area contributed by atoms with E-state index >= 15 is 0 Å². The molecule has 0 spiro atoms. The molecule has 2 aliphatic rings. The topological polar surface area (TPSA) is 119 Å². The molecule has 0 bridgehead atoms. The monoisotopic (exact) mass is 368 g/mol. The van der Waals surface area contributed by atoms with Crippen LogP contribution in [0.3, 0.4) is 0 Å². The van der Waals surface area contributed by atoms with Crippen LogP contribution in [-0.2, 0) is 9.59 Å². The summed E-state index contributed by atoms with van der Waals surface area (Å²) in [7, 11) is 0. The lowest BCUT2D eigenvalue weighted by molar-refractivity contribution is -0.385. The lowest BCUT2D eigenvalue weighted by Crippen LogP contribution is -2.33. The molecule has 1 aromatic carbocycles. The number of fused-ring (bicyclic) bond motifs is 1. The van der Waals surface area contributed by atoms with Crippen LogP contribution in [0.25, 0.3) is 6.08 Å². The highest BCUT2D eigenvalue weighted by molar-refractivity contribution is 8.26. The van der Waals surface area contributed by atoms with Crippen LogP contribution in [0.15, 0.2) is 17.0 Å². The predicted octanol–water partition coefficient (Wildman–Crippen LogP) is 1.61. The lowest BCUT2D eigenvalue weighted by Gasteiger charge is -2.10. The fourth-order valence-electron chi connectivity index (χ4n) is 2.13. The molecule has 11 heteroatoms. The van der Waals surface area contributed by atoms with Crippen LogP contribution in [0.4, 0.5) is 5.69 Å². The fourth-order valence-corrected chi connectivity index (χ4v) is 3.38. The number of carbonyl (C=O) groups excluding carboxylic acids is 1. The number of nitro groups is 1. The smallest absolute Gasteiger partial charge is 0.323 e. The number of hydrogen-bond donors (Lipinski definition) is 1. The number of carbonyl (C=O) groups is 2. The number of nitro benzene ring substituents is 1. The maximum atomic E-state index is 12.2. The van der Waals surface area contributed by atoms with Crippen molar-refractivity contribution >= 4 is 51.9 Å². The van der Waals surface area contributed by atoms with E-state index in [-0.39, 0.29) is 33.0 Å². The minimum Gasteiger partial charge on any atom is -0.480 e. The van der Waals surface area contributed by atoms with Gasteiger partial charge in [0, 0.05) is 0 Å². The van der Waals surface area contributed by atoms with Gasteiger partial charge in [-0.25, -0.2) is 0 Å². The van der Waals surface area contributed by atoms with Crippen molar-refractivity contribution in [2.75, 3.05) is 13.3 Å². The Bertz CT molecular complexity index is 821. The molecule has 1 fully saturated rings. The summed E-state index contributed by atoms with van der Waals surface area (Å²) in [4.78, 5) is 34.7. The van der Waals surface area contributed by atoms with Crippen molar-refractivity contribution in [3.8, 4) is 11.5 Å². The molecule has 3 rings (SSSR count). The molecule has 0 radical (unpaired) electrons. The normalized spacial score (nSPS) is 17.7. The summed E-state index contributed by atoms with van der Waals surface area (Å²) in [6, 6.07) is 2.61. The molecule has 2 aliphatic heterocycles. The van der Waals surface area contributed by atoms with Crippen molar-refractivity contribution in [2.24, 2.45) is 0 Å². The zero-order valence-electron chi connectivity index (χ0n) is 11.8. The minimum absolute atomic E-state index is 0.0450. The van der Waals surface area contributed by atoms with Gasteiger partial charge in [-0.15, -0.1) is 0 Å². The maximum Gasteiger partial charge on any atom is 0.323 e. The molecule has 124 valence electrons. The number of ether oxygens (including phenoxy) is 2. The molecule has 9 nitrogen and oxygen atoms in total. The number of rotatable bonds is 4. The van der Waals surface area contributed by atoms with E-state index in [1.54, 1.807) is 0 Å². The molecule has 0 unspecified atom stereocenters. The van der Waals surface area contributed by atoms with E-state index in [1.165, 1.54) is 18.2 Å². The third-order valence-corrected chi connectivity index (χ3v) is 4.55. The van der Waals surface area contributed by atoms with Crippen molar-refractivity contribution in [2.45, 2.75) is 0 Å². The summed E-state index contributed by atoms with van der Waals surface area (Å²) in [6.45, 7) is -0.609. The van der Waals surface area contributed by atoms with Gasteiger partial charge in [0.05, 0.1) is 21.5 Å². The second kappa shape index (κ2) is 6.09. The summed E-state index contributed by atoms with van der Waals surface area (Å²) in [5.41, 5.74) is -0.122. The summed E-state index contributed by atoms with van der Waals surface area (Å²) < 4.78 is 10.4. The number of hydrogen-bond acceptors (Lipinski definition) is 8. The molecule has 2 heterocycles. The van der Waals surface area contributed by atoms with E-state index in [1.807, 2.05) is 0 Å². The first-order valence-electron chi connectivity index (χ1n) is 6.42. The van der Waals surface area contributed by atoms with Gasteiger partial charge >= 0.3 is 5.97 Å². The second-order valence-electron chi connectivity index (χ2n) is 4.68. The van der Waals surface area contributed by atoms with Crippen LogP contribution < -0.4 is 9.47 Å². The van der Waals surface area contributed by atoms with Gasteiger partial charge in [-0.2, -0.15) is 0 Å². The molecule has 0 aromatic heterocycles. The first-order valence-corrected chi connectivity index (χ1v) is 7.64. The Labute approximate surface area is 144 Å². The highest BCUT2D eigenvalue weighted by Gasteiger charge is 2.34. The average Bonchev–Trinajstić information content (AvgIpc) is 3.06. The van der Waals surface area contributed by atoms with Gasteiger partial charge in [-0.05, 0) is 12.1 Å². The van der Waals surface area contributed by atoms with Gasteiger partial charge in [0.2, 0.25) is 6.79 Å². The van der Waals surface area contributed by atoms with E-state index in [0.717, 1.165) is 16.7 Å². The van der Waals surface area contributed by atoms with Crippen molar-refractivity contribution in [1.29, 1.82) is 0 Å². The quantitative estimate of drug-likeness (QED) is 0.366. The van der Waals surface area contributed by atoms with Crippen LogP contribution in [-0.4, -0.2) is 44.5 Å². The maximum absolute atomic E-state index is 12.2. The minimum atomic E-state index is -1.21. The van der Waals surface area contributed by atoms with Crippen molar-refractivity contribution in [3.05, 3.63) is 32.7 Å². The van der Waals surface area contributed by atoms with Crippen molar-refractivity contribution in [1.82, 2.24) is 4.90 Å². The molecular weight excluding hydrogens is 360 g/mol. The molecule has 0 atom stereocenters. The van der Waals surface area contributed by atoms with Gasteiger partial charge < -0.3 is 14.6 Å². The van der Waals surface area contributed by atoms with Gasteiger partial charge in [0.25, 0.3) is 11.6 Å².